The van der Waals surface area contributed by atoms with Crippen LogP contribution in [0, 0.1) is 5.92 Å². The number of rotatable bonds is 3. The van der Waals surface area contributed by atoms with Crippen molar-refractivity contribution in [2.45, 2.75) is 20.3 Å². The zero-order valence-electron chi connectivity index (χ0n) is 8.33. The second-order valence-electron chi connectivity index (χ2n) is 3.56. The summed E-state index contributed by atoms with van der Waals surface area (Å²) >= 11 is 0. The van der Waals surface area contributed by atoms with E-state index in [1.54, 1.807) is 0 Å². The van der Waals surface area contributed by atoms with Gasteiger partial charge < -0.3 is 0 Å². The van der Waals surface area contributed by atoms with Gasteiger partial charge >= 0.3 is 0 Å². The molecule has 0 bridgehead atoms. The van der Waals surface area contributed by atoms with Crippen LogP contribution in [-0.4, -0.2) is 0 Å². The van der Waals surface area contributed by atoms with Crippen LogP contribution in [0.15, 0.2) is 42.1 Å². The molecule has 0 fully saturated rings. The molecule has 0 atom stereocenters. The summed E-state index contributed by atoms with van der Waals surface area (Å²) in [5.41, 5.74) is 4.39. The van der Waals surface area contributed by atoms with Crippen LogP contribution in [0.1, 0.15) is 25.8 Å². The first-order valence-corrected chi connectivity index (χ1v) is 4.75. The molecule has 0 heteroatoms. The molecule has 0 amide bonds. The van der Waals surface area contributed by atoms with Crippen LogP contribution in [0.4, 0.5) is 0 Å². The smallest absolute Gasteiger partial charge is 0.0131 e. The summed E-state index contributed by atoms with van der Waals surface area (Å²) < 4.78 is 0. The zero-order chi connectivity index (χ0) is 9.52. The minimum absolute atomic E-state index is 0.719. The highest BCUT2D eigenvalue weighted by Crippen LogP contribution is 2.01. The summed E-state index contributed by atoms with van der Waals surface area (Å²) in [5.74, 6) is 0.719. The zero-order valence-corrected chi connectivity index (χ0v) is 8.33. The molecule has 0 unspecified atom stereocenters. The van der Waals surface area contributed by atoms with Crippen molar-refractivity contribution >= 4 is 6.08 Å². The maximum Gasteiger partial charge on any atom is -0.0131 e. The van der Waals surface area contributed by atoms with Gasteiger partial charge in [0.05, 0.1) is 0 Å². The standard InChI is InChI=1S/C13H16/c1-12(2)8-6-7-11-13-9-4-3-5-10-13/h3-6,9-12H,8H2,1-2H3. The van der Waals surface area contributed by atoms with Crippen LogP contribution in [0.25, 0.3) is 6.08 Å². The minimum atomic E-state index is 0.719. The van der Waals surface area contributed by atoms with Crippen LogP contribution in [0.5, 0.6) is 0 Å². The van der Waals surface area contributed by atoms with Crippen molar-refractivity contribution in [3.05, 3.63) is 47.7 Å². The van der Waals surface area contributed by atoms with Crippen LogP contribution in [0.2, 0.25) is 0 Å². The van der Waals surface area contributed by atoms with E-state index in [1.807, 2.05) is 24.3 Å². The minimum Gasteiger partial charge on any atom is -0.125 e. The van der Waals surface area contributed by atoms with Gasteiger partial charge in [-0.25, -0.2) is 0 Å². The maximum absolute atomic E-state index is 3.18. The van der Waals surface area contributed by atoms with Crippen molar-refractivity contribution in [1.82, 2.24) is 0 Å². The topological polar surface area (TPSA) is 0 Å². The van der Waals surface area contributed by atoms with Crippen LogP contribution >= 0.6 is 0 Å². The Bertz CT molecular complexity index is 287. The van der Waals surface area contributed by atoms with E-state index in [1.165, 1.54) is 5.56 Å². The van der Waals surface area contributed by atoms with Crippen LogP contribution < -0.4 is 0 Å². The Morgan fingerprint density at radius 1 is 1.23 bits per heavy atom. The third-order valence-electron chi connectivity index (χ3n) is 1.76. The van der Waals surface area contributed by atoms with E-state index in [0.29, 0.717) is 0 Å². The van der Waals surface area contributed by atoms with Crippen LogP contribution in [0.3, 0.4) is 0 Å². The summed E-state index contributed by atoms with van der Waals surface area (Å²) in [5, 5.41) is 0. The molecule has 1 aromatic rings. The Morgan fingerprint density at radius 3 is 2.54 bits per heavy atom. The van der Waals surface area contributed by atoms with Gasteiger partial charge in [0.25, 0.3) is 0 Å². The molecule has 0 nitrogen and oxygen atoms in total. The predicted molar refractivity (Wildman–Crippen MR) is 58.4 cm³/mol. The Labute approximate surface area is 80.6 Å². The Hall–Kier alpha value is -1.26. The van der Waals surface area contributed by atoms with E-state index in [-0.39, 0.29) is 0 Å². The maximum atomic E-state index is 3.18. The normalized spacial score (nSPS) is 9.46. The first-order valence-electron chi connectivity index (χ1n) is 4.75. The monoisotopic (exact) mass is 172 g/mol. The van der Waals surface area contributed by atoms with Gasteiger partial charge in [-0.2, -0.15) is 0 Å². The van der Waals surface area contributed by atoms with Crippen molar-refractivity contribution < 1.29 is 0 Å². The molecule has 13 heavy (non-hydrogen) atoms. The molecule has 0 aromatic heterocycles. The average Bonchev–Trinajstić information content (AvgIpc) is 2.14. The SMILES string of the molecule is CC(C)CC=C=Cc1ccccc1. The van der Waals surface area contributed by atoms with E-state index < -0.39 is 0 Å². The molecule has 0 radical (unpaired) electrons. The lowest BCUT2D eigenvalue weighted by Gasteiger charge is -1.93. The van der Waals surface area contributed by atoms with E-state index in [2.05, 4.69) is 37.8 Å². The fourth-order valence-corrected chi connectivity index (χ4v) is 1.01. The summed E-state index contributed by atoms with van der Waals surface area (Å²) in [6.45, 7) is 4.42. The fraction of sp³-hybridized carbons (Fsp3) is 0.308. The first-order chi connectivity index (χ1) is 6.29. The largest absolute Gasteiger partial charge is 0.125 e. The third kappa shape index (κ3) is 4.35. The lowest BCUT2D eigenvalue weighted by atomic mass is 10.1. The molecule has 0 aliphatic rings. The second kappa shape index (κ2) is 5.40. The molecule has 0 aliphatic carbocycles. The predicted octanol–water partition coefficient (Wildman–Crippen LogP) is 3.90. The Morgan fingerprint density at radius 2 is 1.92 bits per heavy atom. The van der Waals surface area contributed by atoms with Crippen molar-refractivity contribution in [2.24, 2.45) is 5.92 Å². The summed E-state index contributed by atoms with van der Waals surface area (Å²) in [6.07, 6.45) is 5.21. The van der Waals surface area contributed by atoms with Gasteiger partial charge in [0.2, 0.25) is 0 Å². The van der Waals surface area contributed by atoms with E-state index >= 15 is 0 Å². The fourth-order valence-electron chi connectivity index (χ4n) is 1.01. The number of benzene rings is 1. The molecule has 0 saturated heterocycles. The molecule has 68 valence electrons. The lowest BCUT2D eigenvalue weighted by Crippen LogP contribution is -1.79. The van der Waals surface area contributed by atoms with Gasteiger partial charge in [0.15, 0.2) is 0 Å². The van der Waals surface area contributed by atoms with Crippen LogP contribution in [-0.2, 0) is 0 Å². The van der Waals surface area contributed by atoms with Gasteiger partial charge in [-0.15, -0.1) is 5.73 Å². The average molecular weight is 172 g/mol. The molecule has 1 rings (SSSR count). The second-order valence-corrected chi connectivity index (χ2v) is 3.56. The molecule has 0 saturated carbocycles. The molecular formula is C13H16. The highest BCUT2D eigenvalue weighted by molar-refractivity contribution is 5.47. The van der Waals surface area contributed by atoms with Crippen molar-refractivity contribution in [3.63, 3.8) is 0 Å². The molecule has 0 spiro atoms. The van der Waals surface area contributed by atoms with Gasteiger partial charge in [0, 0.05) is 0 Å². The van der Waals surface area contributed by atoms with Crippen molar-refractivity contribution in [1.29, 1.82) is 0 Å². The molecule has 0 N–H and O–H groups in total. The Kier molecular flexibility index (Phi) is 4.08. The lowest BCUT2D eigenvalue weighted by molar-refractivity contribution is 0.664. The van der Waals surface area contributed by atoms with Gasteiger partial charge in [-0.3, -0.25) is 0 Å². The molecule has 0 aliphatic heterocycles. The third-order valence-corrected chi connectivity index (χ3v) is 1.76. The number of allylic oxidation sites excluding steroid dienone is 1. The summed E-state index contributed by atoms with van der Waals surface area (Å²) in [7, 11) is 0. The summed E-state index contributed by atoms with van der Waals surface area (Å²) in [6, 6.07) is 10.3. The summed E-state index contributed by atoms with van der Waals surface area (Å²) in [4.78, 5) is 0. The van der Waals surface area contributed by atoms with Crippen molar-refractivity contribution in [2.75, 3.05) is 0 Å². The quantitative estimate of drug-likeness (QED) is 0.606. The Balaban J connectivity index is 2.54. The number of hydrogen-bond acceptors (Lipinski definition) is 0. The van der Waals surface area contributed by atoms with E-state index in [9.17, 15) is 0 Å². The molecule has 1 aromatic carbocycles. The molecular weight excluding hydrogens is 156 g/mol. The first kappa shape index (κ1) is 9.83. The molecule has 0 heterocycles. The van der Waals surface area contributed by atoms with E-state index in [0.717, 1.165) is 12.3 Å². The van der Waals surface area contributed by atoms with Gasteiger partial charge in [0.1, 0.15) is 0 Å². The van der Waals surface area contributed by atoms with Crippen molar-refractivity contribution in [3.8, 4) is 0 Å². The van der Waals surface area contributed by atoms with E-state index in [4.69, 9.17) is 0 Å². The highest BCUT2D eigenvalue weighted by atomic mass is 13.9. The highest BCUT2D eigenvalue weighted by Gasteiger charge is 1.85. The van der Waals surface area contributed by atoms with Gasteiger partial charge in [-0.05, 0) is 30.1 Å². The van der Waals surface area contributed by atoms with Gasteiger partial charge in [-0.1, -0.05) is 44.2 Å². The number of hydrogen-bond donors (Lipinski definition) is 0.